The van der Waals surface area contributed by atoms with Crippen LogP contribution >= 0.6 is 0 Å². The van der Waals surface area contributed by atoms with Gasteiger partial charge in [0.2, 0.25) is 5.95 Å². The lowest BCUT2D eigenvalue weighted by Gasteiger charge is -2.18. The molecule has 156 valence electrons. The van der Waals surface area contributed by atoms with E-state index in [-0.39, 0.29) is 0 Å². The van der Waals surface area contributed by atoms with E-state index in [4.69, 9.17) is 9.29 Å². The Morgan fingerprint density at radius 3 is 2.17 bits per heavy atom. The number of nitrogens with zero attached hydrogens (tertiary/aromatic N) is 1. The van der Waals surface area contributed by atoms with E-state index in [2.05, 4.69) is 15.3 Å². The zero-order valence-electron chi connectivity index (χ0n) is 15.7. The van der Waals surface area contributed by atoms with Crippen molar-refractivity contribution >= 4 is 33.2 Å². The first-order valence-electron chi connectivity index (χ1n) is 8.23. The Balaban J connectivity index is 0.000000221. The van der Waals surface area contributed by atoms with Crippen LogP contribution in [0.2, 0.25) is 0 Å². The summed E-state index contributed by atoms with van der Waals surface area (Å²) in [6.07, 6.45) is -0.517. The summed E-state index contributed by atoms with van der Waals surface area (Å²) in [6, 6.07) is 10.0. The van der Waals surface area contributed by atoms with Gasteiger partial charge in [-0.2, -0.15) is 8.42 Å². The first-order chi connectivity index (χ1) is 13.4. The Kier molecular flexibility index (Phi) is 6.55. The van der Waals surface area contributed by atoms with Crippen molar-refractivity contribution in [1.29, 1.82) is 0 Å². The number of hydrogen-bond acceptors (Lipinski definition) is 5. The third-order valence-corrected chi connectivity index (χ3v) is 4.09. The molecule has 3 aromatic rings. The molecule has 0 atom stereocenters. The predicted molar refractivity (Wildman–Crippen MR) is 102 cm³/mol. The Labute approximate surface area is 165 Å². The molecule has 0 bridgehead atoms. The standard InChI is InChI=1S/C12H15N3O2.C6H4F2O3S/c1-12(2,3)17-11(16)15-10-13-8-6-4-5-7-9(8)14-10;7-4-2-1-3-5(8)6(4)12(9,10)11/h4-7H,1-3H3,(H2,13,14,15,16);1-3H,(H,9,10,11). The van der Waals surface area contributed by atoms with Crippen LogP contribution in [0.4, 0.5) is 19.5 Å². The molecule has 1 heterocycles. The molecule has 0 spiro atoms. The maximum atomic E-state index is 12.6. The molecule has 3 N–H and O–H groups in total. The number of hydrogen-bond donors (Lipinski definition) is 3. The van der Waals surface area contributed by atoms with Crippen molar-refractivity contribution in [3.05, 3.63) is 54.1 Å². The highest BCUT2D eigenvalue weighted by Crippen LogP contribution is 2.17. The number of nitrogens with one attached hydrogen (secondary N) is 2. The van der Waals surface area contributed by atoms with E-state index in [9.17, 15) is 22.0 Å². The fraction of sp³-hybridized carbons (Fsp3) is 0.222. The molecule has 0 fully saturated rings. The number of para-hydroxylation sites is 2. The van der Waals surface area contributed by atoms with Crippen LogP contribution < -0.4 is 5.32 Å². The number of amides is 1. The van der Waals surface area contributed by atoms with Crippen molar-refractivity contribution in [2.75, 3.05) is 5.32 Å². The number of ether oxygens (including phenoxy) is 1. The molecule has 1 amide bonds. The molecule has 3 rings (SSSR count). The molecule has 1 aromatic heterocycles. The Morgan fingerprint density at radius 1 is 1.10 bits per heavy atom. The molecule has 0 saturated carbocycles. The number of aromatic nitrogens is 2. The van der Waals surface area contributed by atoms with E-state index in [0.717, 1.165) is 29.2 Å². The largest absolute Gasteiger partial charge is 0.444 e. The van der Waals surface area contributed by atoms with E-state index >= 15 is 0 Å². The number of benzene rings is 2. The minimum Gasteiger partial charge on any atom is -0.444 e. The lowest BCUT2D eigenvalue weighted by molar-refractivity contribution is 0.0635. The molecular weight excluding hydrogens is 408 g/mol. The van der Waals surface area contributed by atoms with Gasteiger partial charge in [0.15, 0.2) is 4.90 Å². The van der Waals surface area contributed by atoms with Crippen LogP contribution in [0.25, 0.3) is 11.0 Å². The van der Waals surface area contributed by atoms with E-state index in [0.29, 0.717) is 5.95 Å². The number of fused-ring (bicyclic) bond motifs is 1. The minimum absolute atomic E-state index is 0.389. The quantitative estimate of drug-likeness (QED) is 0.529. The number of anilines is 1. The molecule has 0 aliphatic rings. The zero-order valence-corrected chi connectivity index (χ0v) is 16.5. The van der Waals surface area contributed by atoms with Gasteiger partial charge in [0.25, 0.3) is 10.1 Å². The fourth-order valence-corrected chi connectivity index (χ4v) is 2.77. The summed E-state index contributed by atoms with van der Waals surface area (Å²) in [5.41, 5.74) is 1.16. The van der Waals surface area contributed by atoms with E-state index < -0.39 is 38.3 Å². The minimum atomic E-state index is -4.81. The summed E-state index contributed by atoms with van der Waals surface area (Å²) in [5, 5.41) is 2.56. The second kappa shape index (κ2) is 8.53. The van der Waals surface area contributed by atoms with Crippen molar-refractivity contribution in [3.8, 4) is 0 Å². The Bertz CT molecular complexity index is 1070. The number of halogens is 2. The SMILES string of the molecule is CC(C)(C)OC(=O)Nc1nc2ccccc2[nH]1.O=S(=O)(O)c1c(F)cccc1F. The van der Waals surface area contributed by atoms with Gasteiger partial charge in [-0.3, -0.25) is 9.87 Å². The van der Waals surface area contributed by atoms with E-state index in [1.165, 1.54) is 0 Å². The molecule has 0 aliphatic heterocycles. The Hall–Kier alpha value is -3.05. The lowest BCUT2D eigenvalue weighted by atomic mass is 10.2. The van der Waals surface area contributed by atoms with Gasteiger partial charge in [0.05, 0.1) is 11.0 Å². The molecule has 2 aromatic carbocycles. The number of imidazole rings is 1. The van der Waals surface area contributed by atoms with Gasteiger partial charge in [0, 0.05) is 0 Å². The van der Waals surface area contributed by atoms with Crippen molar-refractivity contribution in [2.45, 2.75) is 31.3 Å². The van der Waals surface area contributed by atoms with Gasteiger partial charge < -0.3 is 9.72 Å². The maximum Gasteiger partial charge on any atom is 0.414 e. The molecular formula is C18H19F2N3O5S. The van der Waals surface area contributed by atoms with Crippen molar-refractivity contribution in [3.63, 3.8) is 0 Å². The number of carbonyl (C=O) groups excluding carboxylic acids is 1. The van der Waals surface area contributed by atoms with Crippen LogP contribution in [0.15, 0.2) is 47.4 Å². The van der Waals surface area contributed by atoms with Crippen LogP contribution in [0.1, 0.15) is 20.8 Å². The summed E-state index contributed by atoms with van der Waals surface area (Å²) >= 11 is 0. The summed E-state index contributed by atoms with van der Waals surface area (Å²) in [4.78, 5) is 17.4. The predicted octanol–water partition coefficient (Wildman–Crippen LogP) is 4.12. The molecule has 8 nitrogen and oxygen atoms in total. The van der Waals surface area contributed by atoms with Gasteiger partial charge in [-0.1, -0.05) is 18.2 Å². The summed E-state index contributed by atoms with van der Waals surface area (Å²) < 4.78 is 59.3. The van der Waals surface area contributed by atoms with Crippen LogP contribution in [-0.2, 0) is 14.9 Å². The topological polar surface area (TPSA) is 121 Å². The third-order valence-electron chi connectivity index (χ3n) is 3.19. The average Bonchev–Trinajstić information content (AvgIpc) is 2.94. The van der Waals surface area contributed by atoms with Gasteiger partial charge >= 0.3 is 6.09 Å². The molecule has 0 unspecified atom stereocenters. The van der Waals surface area contributed by atoms with Crippen molar-refractivity contribution in [1.82, 2.24) is 9.97 Å². The summed E-state index contributed by atoms with van der Waals surface area (Å²) in [7, 11) is -4.81. The molecule has 0 saturated heterocycles. The zero-order chi connectivity index (χ0) is 21.8. The normalized spacial score (nSPS) is 11.5. The number of aromatic amines is 1. The van der Waals surface area contributed by atoms with Crippen LogP contribution in [0.3, 0.4) is 0 Å². The summed E-state index contributed by atoms with van der Waals surface area (Å²) in [6.45, 7) is 5.43. The van der Waals surface area contributed by atoms with Crippen molar-refractivity contribution in [2.24, 2.45) is 0 Å². The van der Waals surface area contributed by atoms with Gasteiger partial charge in [-0.15, -0.1) is 0 Å². The Morgan fingerprint density at radius 2 is 1.69 bits per heavy atom. The number of H-pyrrole nitrogens is 1. The highest BCUT2D eigenvalue weighted by Gasteiger charge is 2.20. The lowest BCUT2D eigenvalue weighted by Crippen LogP contribution is -2.27. The third kappa shape index (κ3) is 6.50. The van der Waals surface area contributed by atoms with E-state index in [1.807, 2.05) is 45.0 Å². The first kappa shape index (κ1) is 22.2. The monoisotopic (exact) mass is 427 g/mol. The second-order valence-corrected chi connectivity index (χ2v) is 8.11. The number of rotatable bonds is 2. The maximum absolute atomic E-state index is 12.6. The van der Waals surface area contributed by atoms with Gasteiger partial charge in [-0.25, -0.2) is 18.6 Å². The fourth-order valence-electron chi connectivity index (χ4n) is 2.14. The smallest absolute Gasteiger partial charge is 0.414 e. The molecule has 29 heavy (non-hydrogen) atoms. The van der Waals surface area contributed by atoms with Crippen LogP contribution in [-0.4, -0.2) is 34.6 Å². The molecule has 0 aliphatic carbocycles. The van der Waals surface area contributed by atoms with Crippen LogP contribution in [0.5, 0.6) is 0 Å². The highest BCUT2D eigenvalue weighted by molar-refractivity contribution is 7.85. The first-order valence-corrected chi connectivity index (χ1v) is 9.67. The number of carbonyl (C=O) groups is 1. The highest BCUT2D eigenvalue weighted by atomic mass is 32.2. The average molecular weight is 427 g/mol. The van der Waals surface area contributed by atoms with Crippen molar-refractivity contribution < 1.29 is 31.3 Å². The van der Waals surface area contributed by atoms with Gasteiger partial charge in [-0.05, 0) is 45.0 Å². The van der Waals surface area contributed by atoms with E-state index in [1.54, 1.807) is 0 Å². The molecule has 0 radical (unpaired) electrons. The van der Waals surface area contributed by atoms with Gasteiger partial charge in [0.1, 0.15) is 17.2 Å². The molecule has 11 heteroatoms. The second-order valence-electron chi connectivity index (χ2n) is 6.76. The van der Waals surface area contributed by atoms with Crippen LogP contribution in [0, 0.1) is 11.6 Å². The summed E-state index contributed by atoms with van der Waals surface area (Å²) in [5.74, 6) is -2.23.